The van der Waals surface area contributed by atoms with Gasteiger partial charge in [0.25, 0.3) is 11.8 Å². The van der Waals surface area contributed by atoms with Gasteiger partial charge in [0, 0.05) is 0 Å². The van der Waals surface area contributed by atoms with Gasteiger partial charge in [0.2, 0.25) is 0 Å². The van der Waals surface area contributed by atoms with Gasteiger partial charge in [-0.3, -0.25) is 14.5 Å². The van der Waals surface area contributed by atoms with E-state index in [4.69, 9.17) is 9.47 Å². The topological polar surface area (TPSA) is 67.9 Å². The largest absolute Gasteiger partial charge is 0.497 e. The van der Waals surface area contributed by atoms with Crippen LogP contribution < -0.4 is 14.8 Å². The van der Waals surface area contributed by atoms with Crippen LogP contribution in [0, 0.1) is 13.8 Å². The van der Waals surface area contributed by atoms with Crippen LogP contribution in [0.3, 0.4) is 0 Å². The van der Waals surface area contributed by atoms with Crippen molar-refractivity contribution < 1.29 is 19.1 Å². The maximum absolute atomic E-state index is 13.5. The van der Waals surface area contributed by atoms with E-state index >= 15 is 0 Å². The van der Waals surface area contributed by atoms with E-state index in [1.54, 1.807) is 38.5 Å². The third kappa shape index (κ3) is 4.46. The molecule has 2 amide bonds. The Morgan fingerprint density at radius 1 is 0.788 bits per heavy atom. The first kappa shape index (κ1) is 22.1. The maximum atomic E-state index is 13.5. The van der Waals surface area contributed by atoms with Gasteiger partial charge in [-0.25, -0.2) is 0 Å². The molecule has 1 heterocycles. The summed E-state index contributed by atoms with van der Waals surface area (Å²) in [5.74, 6) is 0.525. The molecule has 0 radical (unpaired) electrons. The van der Waals surface area contributed by atoms with Crippen molar-refractivity contribution in [3.05, 3.63) is 94.7 Å². The first-order valence-corrected chi connectivity index (χ1v) is 10.6. The molecule has 1 aliphatic heterocycles. The third-order valence-corrected chi connectivity index (χ3v) is 5.62. The zero-order valence-corrected chi connectivity index (χ0v) is 19.1. The van der Waals surface area contributed by atoms with Crippen LogP contribution in [-0.2, 0) is 16.1 Å². The standard InChI is InChI=1S/C27H26N2O4/c1-17-5-8-19(9-6-17)16-29-26(30)24(20-10-12-21(32-3)13-11-20)25(27(29)31)28-22-15-18(2)7-14-23(22)33-4/h5-15,28H,16H2,1-4H3. The van der Waals surface area contributed by atoms with Crippen LogP contribution in [-0.4, -0.2) is 30.9 Å². The highest BCUT2D eigenvalue weighted by Crippen LogP contribution is 2.35. The molecule has 1 aliphatic rings. The first-order valence-electron chi connectivity index (χ1n) is 10.6. The van der Waals surface area contributed by atoms with Crippen LogP contribution in [0.5, 0.6) is 11.5 Å². The Labute approximate surface area is 193 Å². The normalized spacial score (nSPS) is 13.5. The Hall–Kier alpha value is -4.06. The van der Waals surface area contributed by atoms with Crippen molar-refractivity contribution in [2.75, 3.05) is 19.5 Å². The SMILES string of the molecule is COc1ccc(C2=C(Nc3cc(C)ccc3OC)C(=O)N(Cc3ccc(C)cc3)C2=O)cc1. The molecule has 6 heteroatoms. The first-order chi connectivity index (χ1) is 15.9. The lowest BCUT2D eigenvalue weighted by Crippen LogP contribution is -2.32. The van der Waals surface area contributed by atoms with E-state index in [0.717, 1.165) is 16.7 Å². The summed E-state index contributed by atoms with van der Waals surface area (Å²) in [5, 5.41) is 3.19. The Balaban J connectivity index is 1.77. The van der Waals surface area contributed by atoms with E-state index in [-0.39, 0.29) is 24.1 Å². The van der Waals surface area contributed by atoms with Crippen molar-refractivity contribution in [2.24, 2.45) is 0 Å². The number of nitrogens with zero attached hydrogens (tertiary/aromatic N) is 1. The molecule has 6 nitrogen and oxygen atoms in total. The lowest BCUT2D eigenvalue weighted by molar-refractivity contribution is -0.137. The van der Waals surface area contributed by atoms with E-state index in [2.05, 4.69) is 5.32 Å². The second-order valence-electron chi connectivity index (χ2n) is 7.99. The number of methoxy groups -OCH3 is 2. The second-order valence-corrected chi connectivity index (χ2v) is 7.99. The number of nitrogens with one attached hydrogen (secondary N) is 1. The summed E-state index contributed by atoms with van der Waals surface area (Å²) in [6, 6.07) is 20.5. The molecule has 0 aromatic heterocycles. The monoisotopic (exact) mass is 442 g/mol. The smallest absolute Gasteiger partial charge is 0.278 e. The number of anilines is 1. The van der Waals surface area contributed by atoms with Crippen LogP contribution in [0.1, 0.15) is 22.3 Å². The van der Waals surface area contributed by atoms with Gasteiger partial charge in [0.1, 0.15) is 17.2 Å². The van der Waals surface area contributed by atoms with Gasteiger partial charge in [-0.2, -0.15) is 0 Å². The van der Waals surface area contributed by atoms with Crippen molar-refractivity contribution in [3.8, 4) is 11.5 Å². The van der Waals surface area contributed by atoms with Gasteiger partial charge in [-0.05, 0) is 54.8 Å². The zero-order valence-electron chi connectivity index (χ0n) is 19.1. The van der Waals surface area contributed by atoms with E-state index in [0.29, 0.717) is 28.3 Å². The fraction of sp³-hybridized carbons (Fsp3) is 0.185. The molecule has 0 fully saturated rings. The number of carbonyl (C=O) groups excluding carboxylic acids is 2. The number of hydrogen-bond acceptors (Lipinski definition) is 5. The van der Waals surface area contributed by atoms with Crippen molar-refractivity contribution in [1.29, 1.82) is 0 Å². The van der Waals surface area contributed by atoms with E-state index < -0.39 is 0 Å². The summed E-state index contributed by atoms with van der Waals surface area (Å²) in [6.45, 7) is 4.14. The maximum Gasteiger partial charge on any atom is 0.278 e. The molecule has 0 bridgehead atoms. The van der Waals surface area contributed by atoms with Crippen molar-refractivity contribution >= 4 is 23.1 Å². The lowest BCUT2D eigenvalue weighted by Gasteiger charge is -2.16. The summed E-state index contributed by atoms with van der Waals surface area (Å²) in [7, 11) is 3.15. The molecular weight excluding hydrogens is 416 g/mol. The number of amides is 2. The van der Waals surface area contributed by atoms with Gasteiger partial charge in [-0.1, -0.05) is 48.0 Å². The Kier molecular flexibility index (Phi) is 6.18. The summed E-state index contributed by atoms with van der Waals surface area (Å²) < 4.78 is 10.7. The predicted molar refractivity (Wildman–Crippen MR) is 128 cm³/mol. The Bertz CT molecular complexity index is 1230. The van der Waals surface area contributed by atoms with E-state index in [1.165, 1.54) is 4.90 Å². The second kappa shape index (κ2) is 9.20. The molecule has 0 aliphatic carbocycles. The van der Waals surface area contributed by atoms with Gasteiger partial charge < -0.3 is 14.8 Å². The van der Waals surface area contributed by atoms with Crippen LogP contribution in [0.2, 0.25) is 0 Å². The highest BCUT2D eigenvalue weighted by molar-refractivity contribution is 6.36. The van der Waals surface area contributed by atoms with Crippen molar-refractivity contribution in [3.63, 3.8) is 0 Å². The molecular formula is C27H26N2O4. The Morgan fingerprint density at radius 2 is 1.45 bits per heavy atom. The molecule has 33 heavy (non-hydrogen) atoms. The van der Waals surface area contributed by atoms with Crippen LogP contribution in [0.4, 0.5) is 5.69 Å². The number of carbonyl (C=O) groups is 2. The molecule has 0 atom stereocenters. The van der Waals surface area contributed by atoms with Gasteiger partial charge in [0.15, 0.2) is 0 Å². The van der Waals surface area contributed by atoms with E-state index in [1.807, 2.05) is 56.3 Å². The summed E-state index contributed by atoms with van der Waals surface area (Å²) in [4.78, 5) is 28.3. The molecule has 0 spiro atoms. The van der Waals surface area contributed by atoms with Crippen LogP contribution in [0.15, 0.2) is 72.4 Å². The minimum Gasteiger partial charge on any atom is -0.497 e. The average molecular weight is 443 g/mol. The molecule has 168 valence electrons. The highest BCUT2D eigenvalue weighted by atomic mass is 16.5. The fourth-order valence-electron chi connectivity index (χ4n) is 3.79. The quantitative estimate of drug-likeness (QED) is 0.537. The highest BCUT2D eigenvalue weighted by Gasteiger charge is 2.39. The molecule has 3 aromatic carbocycles. The lowest BCUT2D eigenvalue weighted by atomic mass is 10.0. The molecule has 4 rings (SSSR count). The number of benzene rings is 3. The van der Waals surface area contributed by atoms with Crippen LogP contribution in [0.25, 0.3) is 5.57 Å². The number of aryl methyl sites for hydroxylation is 2. The molecule has 0 unspecified atom stereocenters. The summed E-state index contributed by atoms with van der Waals surface area (Å²) >= 11 is 0. The molecule has 3 aromatic rings. The summed E-state index contributed by atoms with van der Waals surface area (Å²) in [6.07, 6.45) is 0. The minimum absolute atomic E-state index is 0.188. The number of rotatable bonds is 7. The van der Waals surface area contributed by atoms with Crippen molar-refractivity contribution in [2.45, 2.75) is 20.4 Å². The number of ether oxygens (including phenoxy) is 2. The van der Waals surface area contributed by atoms with Gasteiger partial charge >= 0.3 is 0 Å². The van der Waals surface area contributed by atoms with Crippen LogP contribution >= 0.6 is 0 Å². The predicted octanol–water partition coefficient (Wildman–Crippen LogP) is 4.71. The summed E-state index contributed by atoms with van der Waals surface area (Å²) in [5.41, 5.74) is 4.79. The molecule has 0 saturated carbocycles. The fourth-order valence-corrected chi connectivity index (χ4v) is 3.79. The minimum atomic E-state index is -0.380. The third-order valence-electron chi connectivity index (χ3n) is 5.62. The van der Waals surface area contributed by atoms with E-state index in [9.17, 15) is 9.59 Å². The zero-order chi connectivity index (χ0) is 23.5. The van der Waals surface area contributed by atoms with Gasteiger partial charge in [-0.15, -0.1) is 0 Å². The average Bonchev–Trinajstić information content (AvgIpc) is 3.05. The van der Waals surface area contributed by atoms with Gasteiger partial charge in [0.05, 0.1) is 32.0 Å². The number of imide groups is 1. The Morgan fingerprint density at radius 3 is 2.09 bits per heavy atom. The van der Waals surface area contributed by atoms with Crippen molar-refractivity contribution in [1.82, 2.24) is 4.90 Å². The number of hydrogen-bond donors (Lipinski definition) is 1. The molecule has 0 saturated heterocycles. The molecule has 1 N–H and O–H groups in total.